The van der Waals surface area contributed by atoms with Crippen LogP contribution in [0, 0.1) is 0 Å². The molecule has 10 heteroatoms. The van der Waals surface area contributed by atoms with Gasteiger partial charge in [0.15, 0.2) is 12.0 Å². The van der Waals surface area contributed by atoms with Gasteiger partial charge in [-0.05, 0) is 5.56 Å². The van der Waals surface area contributed by atoms with E-state index in [0.29, 0.717) is 5.56 Å². The second-order valence-corrected chi connectivity index (χ2v) is 7.10. The van der Waals surface area contributed by atoms with Gasteiger partial charge in [0.05, 0.1) is 6.04 Å². The molecule has 0 amide bonds. The molecule has 1 aliphatic rings. The predicted molar refractivity (Wildman–Crippen MR) is 72.3 cm³/mol. The predicted octanol–water partition coefficient (Wildman–Crippen LogP) is 1.64. The van der Waals surface area contributed by atoms with Crippen molar-refractivity contribution >= 4 is 9.84 Å². The molecule has 3 rings (SSSR count). The Hall–Kier alpha value is -1.94. The number of sulfone groups is 1. The molecule has 2 heterocycles. The minimum absolute atomic E-state index is 0.00390. The van der Waals surface area contributed by atoms with Crippen LogP contribution in [0.15, 0.2) is 35.5 Å². The van der Waals surface area contributed by atoms with Crippen LogP contribution in [0.5, 0.6) is 0 Å². The lowest BCUT2D eigenvalue weighted by molar-refractivity contribution is 0.0257. The van der Waals surface area contributed by atoms with Crippen molar-refractivity contribution in [2.45, 2.75) is 29.0 Å². The van der Waals surface area contributed by atoms with Gasteiger partial charge in [-0.2, -0.15) is 13.8 Å². The molecule has 2 unspecified atom stereocenters. The molecule has 0 aliphatic carbocycles. The van der Waals surface area contributed by atoms with Gasteiger partial charge in [0.25, 0.3) is 15.0 Å². The van der Waals surface area contributed by atoms with Crippen LogP contribution < -0.4 is 0 Å². The molecule has 0 radical (unpaired) electrons. The lowest BCUT2D eigenvalue weighted by Gasteiger charge is -2.13. The maximum absolute atomic E-state index is 14.1. The van der Waals surface area contributed by atoms with Gasteiger partial charge in [-0.25, -0.2) is 17.5 Å². The molecule has 0 spiro atoms. The Morgan fingerprint density at radius 2 is 1.96 bits per heavy atom. The lowest BCUT2D eigenvalue weighted by atomic mass is 10.0. The summed E-state index contributed by atoms with van der Waals surface area (Å²) in [4.78, 5) is 3.43. The van der Waals surface area contributed by atoms with Gasteiger partial charge in [0.1, 0.15) is 6.61 Å². The van der Waals surface area contributed by atoms with E-state index in [-0.39, 0.29) is 12.2 Å². The molecule has 1 N–H and O–H groups in total. The first-order valence-electron chi connectivity index (χ1n) is 6.66. The van der Waals surface area contributed by atoms with E-state index in [0.717, 1.165) is 4.68 Å². The van der Waals surface area contributed by atoms with Gasteiger partial charge in [-0.3, -0.25) is 0 Å². The van der Waals surface area contributed by atoms with Crippen molar-refractivity contribution in [1.29, 1.82) is 0 Å². The van der Waals surface area contributed by atoms with Gasteiger partial charge in [0, 0.05) is 6.42 Å². The van der Waals surface area contributed by atoms with Gasteiger partial charge in [-0.15, -0.1) is 5.10 Å². The summed E-state index contributed by atoms with van der Waals surface area (Å²) in [5.74, 6) is -0.314. The zero-order valence-corrected chi connectivity index (χ0v) is 12.4. The smallest absolute Gasteiger partial charge is 0.375 e. The minimum Gasteiger partial charge on any atom is -0.389 e. The molecular formula is C13H12F3N3O3S. The molecule has 1 aliphatic heterocycles. The lowest BCUT2D eigenvalue weighted by Crippen LogP contribution is -2.33. The summed E-state index contributed by atoms with van der Waals surface area (Å²) in [6.07, 6.45) is -1.62. The van der Waals surface area contributed by atoms with Gasteiger partial charge in [0.2, 0.25) is 0 Å². The summed E-state index contributed by atoms with van der Waals surface area (Å²) in [6, 6.07) is 7.96. The maximum Gasteiger partial charge on any atom is 0.375 e. The van der Waals surface area contributed by atoms with E-state index in [1.807, 2.05) is 0 Å². The van der Waals surface area contributed by atoms with Gasteiger partial charge >= 0.3 is 5.25 Å². The molecule has 0 bridgehead atoms. The normalized spacial score (nSPS) is 21.4. The third-order valence-corrected chi connectivity index (χ3v) is 5.21. The van der Waals surface area contributed by atoms with Crippen LogP contribution >= 0.6 is 0 Å². The average Bonchev–Trinajstić information content (AvgIpc) is 3.09. The second kappa shape index (κ2) is 5.31. The Kier molecular flexibility index (Phi) is 3.68. The van der Waals surface area contributed by atoms with Gasteiger partial charge in [-0.1, -0.05) is 30.3 Å². The standard InChI is InChI=1S/C13H12F3N3O3S/c14-9-6-10(8-4-2-1-3-5-8)19-11(9)17-12(18-19)23(21,22)13(15,16)7-20/h1-5,9-10,20H,6-7H2. The van der Waals surface area contributed by atoms with Gasteiger partial charge < -0.3 is 5.11 Å². The Morgan fingerprint density at radius 3 is 2.57 bits per heavy atom. The van der Waals surface area contributed by atoms with Crippen LogP contribution in [0.25, 0.3) is 0 Å². The number of nitrogens with zero attached hydrogens (tertiary/aromatic N) is 3. The fourth-order valence-corrected chi connectivity index (χ4v) is 3.29. The Balaban J connectivity index is 2.07. The summed E-state index contributed by atoms with van der Waals surface area (Å²) < 4.78 is 65.4. The highest BCUT2D eigenvalue weighted by molar-refractivity contribution is 7.92. The summed E-state index contributed by atoms with van der Waals surface area (Å²) >= 11 is 0. The summed E-state index contributed by atoms with van der Waals surface area (Å²) in [5.41, 5.74) is 0.664. The first-order chi connectivity index (χ1) is 10.8. The number of alkyl halides is 3. The van der Waals surface area contributed by atoms with E-state index in [4.69, 9.17) is 5.11 Å². The molecule has 23 heavy (non-hydrogen) atoms. The number of hydrogen-bond acceptors (Lipinski definition) is 5. The number of benzene rings is 1. The Bertz CT molecular complexity index is 823. The number of fused-ring (bicyclic) bond motifs is 1. The van der Waals surface area contributed by atoms with Crippen LogP contribution in [0.4, 0.5) is 13.2 Å². The highest BCUT2D eigenvalue weighted by atomic mass is 32.2. The number of aromatic nitrogens is 3. The highest BCUT2D eigenvalue weighted by Crippen LogP contribution is 2.40. The zero-order chi connectivity index (χ0) is 16.8. The van der Waals surface area contributed by atoms with Crippen LogP contribution in [0.3, 0.4) is 0 Å². The maximum atomic E-state index is 14.1. The second-order valence-electron chi connectivity index (χ2n) is 5.13. The van der Waals surface area contributed by atoms with Crippen LogP contribution in [-0.2, 0) is 9.84 Å². The molecule has 124 valence electrons. The van der Waals surface area contributed by atoms with Crippen molar-refractivity contribution < 1.29 is 26.7 Å². The van der Waals surface area contributed by atoms with Crippen LogP contribution in [-0.4, -0.2) is 40.2 Å². The van der Waals surface area contributed by atoms with E-state index >= 15 is 0 Å². The molecular weight excluding hydrogens is 335 g/mol. The Labute approximate surface area is 129 Å². The average molecular weight is 347 g/mol. The number of hydrogen-bond donors (Lipinski definition) is 1. The molecule has 0 fully saturated rings. The molecule has 2 atom stereocenters. The number of aliphatic hydroxyl groups is 1. The van der Waals surface area contributed by atoms with Crippen molar-refractivity contribution in [3.63, 3.8) is 0 Å². The molecule has 1 aromatic carbocycles. The third-order valence-electron chi connectivity index (χ3n) is 3.65. The quantitative estimate of drug-likeness (QED) is 0.909. The Morgan fingerprint density at radius 1 is 1.30 bits per heavy atom. The number of halogens is 3. The fraction of sp³-hybridized carbons (Fsp3) is 0.385. The molecule has 2 aromatic rings. The van der Waals surface area contributed by atoms with E-state index in [9.17, 15) is 21.6 Å². The van der Waals surface area contributed by atoms with E-state index in [1.165, 1.54) is 0 Å². The van der Waals surface area contributed by atoms with E-state index in [1.54, 1.807) is 30.3 Å². The van der Waals surface area contributed by atoms with Crippen LogP contribution in [0.1, 0.15) is 30.0 Å². The summed E-state index contributed by atoms with van der Waals surface area (Å²) in [7, 11) is -5.29. The minimum atomic E-state index is -5.29. The van der Waals surface area contributed by atoms with Crippen molar-refractivity contribution in [1.82, 2.24) is 14.8 Å². The van der Waals surface area contributed by atoms with Crippen molar-refractivity contribution in [3.05, 3.63) is 41.7 Å². The van der Waals surface area contributed by atoms with E-state index in [2.05, 4.69) is 10.1 Å². The summed E-state index contributed by atoms with van der Waals surface area (Å²) in [5, 5.41) is 6.51. The van der Waals surface area contributed by atoms with Crippen molar-refractivity contribution in [2.24, 2.45) is 0 Å². The topological polar surface area (TPSA) is 85.1 Å². The molecule has 1 aromatic heterocycles. The molecule has 0 saturated carbocycles. The monoisotopic (exact) mass is 347 g/mol. The highest BCUT2D eigenvalue weighted by Gasteiger charge is 2.50. The van der Waals surface area contributed by atoms with Crippen LogP contribution in [0.2, 0.25) is 0 Å². The first-order valence-corrected chi connectivity index (χ1v) is 8.15. The van der Waals surface area contributed by atoms with Crippen molar-refractivity contribution in [2.75, 3.05) is 6.61 Å². The molecule has 0 saturated heterocycles. The first kappa shape index (κ1) is 15.9. The fourth-order valence-electron chi connectivity index (χ4n) is 2.44. The van der Waals surface area contributed by atoms with Crippen molar-refractivity contribution in [3.8, 4) is 0 Å². The SMILES string of the molecule is O=S(=O)(c1nc2n(n1)C(c1ccccc1)CC2F)C(F)(F)CO. The third kappa shape index (κ3) is 2.41. The number of aliphatic hydroxyl groups excluding tert-OH is 1. The summed E-state index contributed by atoms with van der Waals surface area (Å²) in [6.45, 7) is -1.90. The zero-order valence-electron chi connectivity index (χ0n) is 11.6. The molecule has 6 nitrogen and oxygen atoms in total. The number of rotatable bonds is 4. The largest absolute Gasteiger partial charge is 0.389 e. The van der Waals surface area contributed by atoms with E-state index < -0.39 is 39.1 Å².